The zero-order valence-electron chi connectivity index (χ0n) is 6.93. The van der Waals surface area contributed by atoms with Gasteiger partial charge >= 0.3 is 74.6 Å². The van der Waals surface area contributed by atoms with Crippen molar-refractivity contribution in [1.29, 1.82) is 0 Å². The molecule has 10 heavy (non-hydrogen) atoms. The first-order valence-electron chi connectivity index (χ1n) is 3.88. The van der Waals surface area contributed by atoms with Gasteiger partial charge in [0.2, 0.25) is 0 Å². The van der Waals surface area contributed by atoms with Gasteiger partial charge in [-0.15, -0.1) is 0 Å². The van der Waals surface area contributed by atoms with Gasteiger partial charge in [0.15, 0.2) is 0 Å². The second kappa shape index (κ2) is 9.28. The van der Waals surface area contributed by atoms with E-state index in [9.17, 15) is 0 Å². The van der Waals surface area contributed by atoms with Gasteiger partial charge in [0.1, 0.15) is 0 Å². The van der Waals surface area contributed by atoms with Gasteiger partial charge < -0.3 is 0 Å². The van der Waals surface area contributed by atoms with Crippen molar-refractivity contribution in [1.82, 2.24) is 0 Å². The Bertz CT molecular complexity index is 103. The van der Waals surface area contributed by atoms with Crippen LogP contribution in [0.4, 0.5) is 0 Å². The summed E-state index contributed by atoms with van der Waals surface area (Å²) in [6, 6.07) is 0. The molecule has 0 aliphatic rings. The molecule has 0 aliphatic carbocycles. The van der Waals surface area contributed by atoms with E-state index in [4.69, 9.17) is 0 Å². The summed E-state index contributed by atoms with van der Waals surface area (Å²) in [6.45, 7) is 4.29. The van der Waals surface area contributed by atoms with Crippen LogP contribution in [0.1, 0.15) is 20.3 Å². The third-order valence-electron chi connectivity index (χ3n) is 1.16. The number of hydrogen-bond donors (Lipinski definition) is 0. The molecule has 0 aliphatic heterocycles. The molecule has 0 aromatic rings. The summed E-state index contributed by atoms with van der Waals surface area (Å²) >= 11 is -0.0369. The first-order chi connectivity index (χ1) is 4.91. The Kier molecular flexibility index (Phi) is 9.54. The Morgan fingerprint density at radius 1 is 1.10 bits per heavy atom. The summed E-state index contributed by atoms with van der Waals surface area (Å²) in [5.74, 6) is 0. The van der Waals surface area contributed by atoms with Crippen molar-refractivity contribution < 1.29 is 0 Å². The van der Waals surface area contributed by atoms with Crippen molar-refractivity contribution in [3.8, 4) is 0 Å². The fraction of sp³-hybridized carbons (Fsp3) is 0.556. The second-order valence-electron chi connectivity index (χ2n) is 2.11. The van der Waals surface area contributed by atoms with Gasteiger partial charge in [-0.05, 0) is 0 Å². The van der Waals surface area contributed by atoms with Crippen LogP contribution in [-0.4, -0.2) is 21.1 Å². The van der Waals surface area contributed by atoms with Crippen molar-refractivity contribution in [2.24, 2.45) is 0 Å². The molecule has 0 aromatic heterocycles. The van der Waals surface area contributed by atoms with Crippen molar-refractivity contribution in [3.63, 3.8) is 0 Å². The van der Waals surface area contributed by atoms with Gasteiger partial charge in [0.05, 0.1) is 0 Å². The molecule has 0 fully saturated rings. The molecule has 2 radical (unpaired) electrons. The Labute approximate surface area is 74.6 Å². The molecule has 0 rings (SSSR count). The molecular formula is C9H16Sn. The molecule has 0 heterocycles. The van der Waals surface area contributed by atoms with Crippen LogP contribution in [0.2, 0.25) is 8.87 Å². The molecule has 56 valence electrons. The van der Waals surface area contributed by atoms with Crippen LogP contribution in [0.25, 0.3) is 0 Å². The second-order valence-corrected chi connectivity index (χ2v) is 5.86. The molecule has 0 amide bonds. The Balaban J connectivity index is 2.97. The van der Waals surface area contributed by atoms with E-state index in [0.29, 0.717) is 0 Å². The molecule has 0 spiro atoms. The van der Waals surface area contributed by atoms with Gasteiger partial charge in [0.25, 0.3) is 0 Å². The maximum atomic E-state index is 2.34. The van der Waals surface area contributed by atoms with E-state index in [1.165, 1.54) is 15.3 Å². The van der Waals surface area contributed by atoms with Gasteiger partial charge in [0, 0.05) is 0 Å². The van der Waals surface area contributed by atoms with Crippen molar-refractivity contribution in [2.75, 3.05) is 0 Å². The predicted octanol–water partition coefficient (Wildman–Crippen LogP) is 3.07. The molecule has 0 saturated heterocycles. The zero-order chi connectivity index (χ0) is 7.66. The average Bonchev–Trinajstić information content (AvgIpc) is 1.97. The molecule has 0 bridgehead atoms. The van der Waals surface area contributed by atoms with Crippen LogP contribution in [0, 0.1) is 0 Å². The van der Waals surface area contributed by atoms with Crippen LogP contribution < -0.4 is 0 Å². The summed E-state index contributed by atoms with van der Waals surface area (Å²) in [4.78, 5) is 0. The summed E-state index contributed by atoms with van der Waals surface area (Å²) in [7, 11) is 0. The third-order valence-corrected chi connectivity index (χ3v) is 4.16. The van der Waals surface area contributed by atoms with Crippen LogP contribution in [0.5, 0.6) is 0 Å². The molecular weight excluding hydrogens is 227 g/mol. The van der Waals surface area contributed by atoms with Crippen LogP contribution in [0.3, 0.4) is 0 Å². The summed E-state index contributed by atoms with van der Waals surface area (Å²) < 4.78 is 2.80. The van der Waals surface area contributed by atoms with E-state index in [0.717, 1.165) is 0 Å². The first-order valence-corrected chi connectivity index (χ1v) is 7.92. The molecule has 1 heteroatoms. The molecule has 0 N–H and O–H groups in total. The van der Waals surface area contributed by atoms with Crippen molar-refractivity contribution >= 4 is 21.1 Å². The van der Waals surface area contributed by atoms with E-state index in [1.54, 1.807) is 0 Å². The first kappa shape index (κ1) is 10.3. The van der Waals surface area contributed by atoms with Gasteiger partial charge in [-0.25, -0.2) is 0 Å². The SMILES string of the molecule is CC=C[CH2][Sn][CH2]C=CCC. The molecule has 0 saturated carbocycles. The van der Waals surface area contributed by atoms with E-state index >= 15 is 0 Å². The minimum absolute atomic E-state index is 0.0369. The third kappa shape index (κ3) is 8.28. The van der Waals surface area contributed by atoms with Crippen LogP contribution >= 0.6 is 0 Å². The van der Waals surface area contributed by atoms with E-state index < -0.39 is 0 Å². The number of rotatable bonds is 5. The van der Waals surface area contributed by atoms with E-state index in [-0.39, 0.29) is 21.1 Å². The summed E-state index contributed by atoms with van der Waals surface area (Å²) in [5, 5.41) is 0. The normalized spacial score (nSPS) is 11.8. The van der Waals surface area contributed by atoms with Gasteiger partial charge in [-0.1, -0.05) is 0 Å². The quantitative estimate of drug-likeness (QED) is 0.395. The Morgan fingerprint density at radius 2 is 1.80 bits per heavy atom. The van der Waals surface area contributed by atoms with Gasteiger partial charge in [-0.2, -0.15) is 0 Å². The number of hydrogen-bond acceptors (Lipinski definition) is 0. The zero-order valence-corrected chi connectivity index (χ0v) is 9.78. The topological polar surface area (TPSA) is 0 Å². The average molecular weight is 243 g/mol. The van der Waals surface area contributed by atoms with Crippen LogP contribution in [-0.2, 0) is 0 Å². The predicted molar refractivity (Wildman–Crippen MR) is 49.6 cm³/mol. The molecule has 0 nitrogen and oxygen atoms in total. The van der Waals surface area contributed by atoms with Crippen molar-refractivity contribution in [2.45, 2.75) is 29.1 Å². The molecule has 0 atom stereocenters. The van der Waals surface area contributed by atoms with Gasteiger partial charge in [-0.3, -0.25) is 0 Å². The number of allylic oxidation sites excluding steroid dienone is 4. The molecule has 0 unspecified atom stereocenters. The summed E-state index contributed by atoms with van der Waals surface area (Å²) in [5.41, 5.74) is 0. The van der Waals surface area contributed by atoms with Crippen LogP contribution in [0.15, 0.2) is 24.3 Å². The Morgan fingerprint density at radius 3 is 2.40 bits per heavy atom. The maximum absolute atomic E-state index is 2.34. The van der Waals surface area contributed by atoms with E-state index in [1.807, 2.05) is 0 Å². The monoisotopic (exact) mass is 244 g/mol. The van der Waals surface area contributed by atoms with Crippen molar-refractivity contribution in [3.05, 3.63) is 24.3 Å². The standard InChI is InChI=1S/C5H9.C4H7.Sn/c1-3-5-4-2;1-3-4-2;/h3,5H,1,4H2,2H3;3-4H,1H2,2H3;. The summed E-state index contributed by atoms with van der Waals surface area (Å²) in [6.07, 6.45) is 10.3. The fourth-order valence-corrected chi connectivity index (χ4v) is 3.19. The fourth-order valence-electron chi connectivity index (χ4n) is 0.618. The molecule has 0 aromatic carbocycles. The van der Waals surface area contributed by atoms with E-state index in [2.05, 4.69) is 38.2 Å². The Hall–Kier alpha value is 0.279. The minimum atomic E-state index is -0.0369.